The van der Waals surface area contributed by atoms with E-state index in [4.69, 9.17) is 46.4 Å². The summed E-state index contributed by atoms with van der Waals surface area (Å²) in [6.07, 6.45) is 0. The first-order chi connectivity index (χ1) is 33.0. The molecule has 0 fully saturated rings. The number of anilines is 4. The van der Waals surface area contributed by atoms with Crippen molar-refractivity contribution < 1.29 is 134 Å². The van der Waals surface area contributed by atoms with E-state index >= 15 is 0 Å². The van der Waals surface area contributed by atoms with E-state index in [0.29, 0.717) is 11.4 Å². The van der Waals surface area contributed by atoms with Crippen molar-refractivity contribution in [2.75, 3.05) is 10.6 Å². The van der Waals surface area contributed by atoms with E-state index < -0.39 is 64.8 Å². The van der Waals surface area contributed by atoms with Gasteiger partial charge < -0.3 is 49.8 Å². The van der Waals surface area contributed by atoms with Crippen molar-refractivity contribution in [3.63, 3.8) is 0 Å². The fourth-order valence-corrected chi connectivity index (χ4v) is 8.11. The van der Waals surface area contributed by atoms with Crippen molar-refractivity contribution in [1.29, 1.82) is 0 Å². The van der Waals surface area contributed by atoms with Crippen LogP contribution in [0.3, 0.4) is 0 Å². The van der Waals surface area contributed by atoms with Gasteiger partial charge in [-0.3, -0.25) is 0 Å². The fourth-order valence-electron chi connectivity index (χ4n) is 6.10. The van der Waals surface area contributed by atoms with Crippen molar-refractivity contribution in [3.05, 3.63) is 129 Å². The Balaban J connectivity index is 0.000000370. The number of carboxylic acid groups (broad SMARTS) is 2. The van der Waals surface area contributed by atoms with E-state index in [9.17, 15) is 56.0 Å². The molecule has 0 bridgehead atoms. The molecule has 0 atom stereocenters. The summed E-state index contributed by atoms with van der Waals surface area (Å²) in [6, 6.07) is 20.9. The first kappa shape index (κ1) is 60.3. The Morgan fingerprint density at radius 1 is 0.507 bits per heavy atom. The molecule has 359 valence electrons. The minimum absolute atomic E-state index is 0. The average Bonchev–Trinajstić information content (AvgIpc) is 3.27. The third-order valence-corrected chi connectivity index (χ3v) is 11.4. The van der Waals surface area contributed by atoms with Gasteiger partial charge in [-0.15, -0.1) is 20.5 Å². The van der Waals surface area contributed by atoms with Crippen LogP contribution in [0, 0.1) is 0 Å². The monoisotopic (exact) mass is 1160 g/mol. The van der Waals surface area contributed by atoms with Crippen molar-refractivity contribution in [2.45, 2.75) is 9.79 Å². The zero-order valence-corrected chi connectivity index (χ0v) is 46.3. The summed E-state index contributed by atoms with van der Waals surface area (Å²) in [5, 5.41) is 68.1. The van der Waals surface area contributed by atoms with Crippen LogP contribution in [0.1, 0.15) is 22.1 Å². The minimum atomic E-state index is -5.18. The molecule has 33 heteroatoms. The van der Waals surface area contributed by atoms with E-state index in [2.05, 4.69) is 61.0 Å². The number of azo groups is 2. The van der Waals surface area contributed by atoms with Gasteiger partial charge in [0, 0.05) is 22.5 Å². The Morgan fingerprint density at radius 2 is 0.836 bits per heavy atom. The van der Waals surface area contributed by atoms with Gasteiger partial charge in [0.1, 0.15) is 20.2 Å². The predicted octanol–water partition coefficient (Wildman–Crippen LogP) is -0.218. The molecular weight excluding hydrogens is 1140 g/mol. The first-order valence-electron chi connectivity index (χ1n) is 18.7. The molecule has 0 unspecified atom stereocenters. The van der Waals surface area contributed by atoms with Gasteiger partial charge in [0.2, 0.25) is 33.0 Å². The summed E-state index contributed by atoms with van der Waals surface area (Å²) in [6.45, 7) is 0. The van der Waals surface area contributed by atoms with Crippen LogP contribution in [-0.2, 0) is 37.6 Å². The largest absolute Gasteiger partial charge is 3.00 e. The summed E-state index contributed by atoms with van der Waals surface area (Å²) in [7, 11) is -10.4. The molecule has 0 saturated heterocycles. The summed E-state index contributed by atoms with van der Waals surface area (Å²) in [5.41, 5.74) is -2.00. The average molecular weight is 1160 g/mol. The van der Waals surface area contributed by atoms with Crippen molar-refractivity contribution in [1.82, 2.24) is 29.9 Å². The molecule has 0 aliphatic heterocycles. The van der Waals surface area contributed by atoms with Gasteiger partial charge in [-0.05, 0) is 116 Å². The Morgan fingerprint density at radius 3 is 1.15 bits per heavy atom. The maximum atomic E-state index is 13.0. The number of benzene rings is 6. The van der Waals surface area contributed by atoms with Gasteiger partial charge in [0.25, 0.3) is 0 Å². The van der Waals surface area contributed by atoms with Crippen molar-refractivity contribution >= 4 is 146 Å². The van der Waals surface area contributed by atoms with E-state index in [-0.39, 0.29) is 155 Å². The molecule has 24 nitrogen and oxygen atoms in total. The molecule has 0 saturated carbocycles. The third-order valence-electron chi connectivity index (χ3n) is 9.04. The van der Waals surface area contributed by atoms with Crippen LogP contribution in [-0.4, -0.2) is 67.8 Å². The number of hydrogen-bond donors (Lipinski definition) is 2. The SMILES string of the molecule is O=C([O-])c1ccccc1N=Nc1c(S(=O)(=O)[O-])cc2cc(Nc3nc(Cl)nc(Cl)n3)ccc2c1[O-].O=C([O-])c1ccccc1N=Nc1c(S(=O)(=O)[O-])cc2cc(Nc3nc(Cl)nc(Cl)n3)ccc2c1[O-].[Cr+3].[H+].[Na+].[Na+]. The molecule has 1 radical (unpaired) electrons. The van der Waals surface area contributed by atoms with E-state index in [1.807, 2.05) is 0 Å². The van der Waals surface area contributed by atoms with E-state index in [1.54, 1.807) is 0 Å². The first-order valence-corrected chi connectivity index (χ1v) is 23.0. The zero-order valence-electron chi connectivity index (χ0n) is 37.3. The second-order valence-corrected chi connectivity index (χ2v) is 17.6. The number of nitrogens with one attached hydrogen (secondary N) is 2. The Bertz CT molecular complexity index is 3490. The second-order valence-electron chi connectivity index (χ2n) is 13.5. The smallest absolute Gasteiger partial charge is 0.871 e. The molecule has 0 aliphatic carbocycles. The molecular formula is C40H19Cl4CrN12Na2O12S2. The summed E-state index contributed by atoms with van der Waals surface area (Å²) < 4.78 is 71.5. The van der Waals surface area contributed by atoms with Crippen LogP contribution in [0.4, 0.5) is 46.0 Å². The van der Waals surface area contributed by atoms with Gasteiger partial charge in [0.15, 0.2) is 0 Å². The molecule has 2 heterocycles. The van der Waals surface area contributed by atoms with Crippen LogP contribution >= 0.6 is 46.4 Å². The molecule has 2 N–H and O–H groups in total. The fraction of sp³-hybridized carbons (Fsp3) is 0. The molecule has 6 aromatic carbocycles. The molecule has 0 spiro atoms. The van der Waals surface area contributed by atoms with E-state index in [1.165, 1.54) is 84.9 Å². The Kier molecular flexibility index (Phi) is 20.9. The number of halogens is 4. The van der Waals surface area contributed by atoms with Crippen LogP contribution < -0.4 is 90.2 Å². The molecule has 8 aromatic rings. The zero-order chi connectivity index (χ0) is 50.7. The molecule has 73 heavy (non-hydrogen) atoms. The summed E-state index contributed by atoms with van der Waals surface area (Å²) in [4.78, 5) is 43.2. The van der Waals surface area contributed by atoms with Crippen molar-refractivity contribution in [2.24, 2.45) is 20.5 Å². The molecule has 0 aliphatic rings. The summed E-state index contributed by atoms with van der Waals surface area (Å²) in [5.74, 6) is -4.99. The van der Waals surface area contributed by atoms with Crippen LogP contribution in [0.5, 0.6) is 11.5 Å². The standard InChI is InChI=1S/2C20H12Cl2N6O6S.Cr.2Na/c2*21-18-24-19(22)26-20(25-18)23-10-5-6-11-9(7-10)8-14(35(32,33)34)15(16(11)29)28-27-13-4-2-1-3-12(13)17(30)31;;;/h2*1-8,29H,(H,30,31)(H,32,33,34)(H,23,24,25,26);;;/q;;+3;2*+1/p-5. The molecule has 0 amide bonds. The number of nitrogens with zero attached hydrogens (tertiary/aromatic N) is 10. The third kappa shape index (κ3) is 14.9. The number of rotatable bonds is 12. The maximum Gasteiger partial charge on any atom is 3.00 e. The topological polar surface area (TPSA) is 392 Å². The number of aromatic nitrogens is 6. The number of carbonyl (C=O) groups excluding carboxylic acids is 2. The van der Waals surface area contributed by atoms with E-state index in [0.717, 1.165) is 12.1 Å². The van der Waals surface area contributed by atoms with Gasteiger partial charge in [0.05, 0.1) is 44.5 Å². The van der Waals surface area contributed by atoms with Gasteiger partial charge >= 0.3 is 77.9 Å². The second kappa shape index (κ2) is 25.3. The maximum absolute atomic E-state index is 13.0. The van der Waals surface area contributed by atoms with Crippen molar-refractivity contribution in [3.8, 4) is 11.5 Å². The van der Waals surface area contributed by atoms with Gasteiger partial charge in [-0.25, -0.2) is 16.8 Å². The Labute approximate surface area is 486 Å². The number of carboxylic acids is 2. The quantitative estimate of drug-likeness (QED) is 0.0907. The predicted molar refractivity (Wildman–Crippen MR) is 240 cm³/mol. The number of carbonyl (C=O) groups is 2. The van der Waals surface area contributed by atoms with Crippen LogP contribution in [0.25, 0.3) is 21.5 Å². The summed E-state index contributed by atoms with van der Waals surface area (Å²) >= 11 is 22.9. The number of hydrogen-bond acceptors (Lipinski definition) is 24. The number of aromatic carboxylic acids is 2. The molecule has 8 rings (SSSR count). The molecule has 2 aromatic heterocycles. The van der Waals surface area contributed by atoms with Crippen LogP contribution in [0.2, 0.25) is 21.1 Å². The van der Waals surface area contributed by atoms with Gasteiger partial charge in [-0.2, -0.15) is 29.9 Å². The Hall–Kier alpha value is -5.29. The van der Waals surface area contributed by atoms with Crippen LogP contribution in [0.15, 0.2) is 127 Å². The number of fused-ring (bicyclic) bond motifs is 2. The normalized spacial score (nSPS) is 11.3. The van der Waals surface area contributed by atoms with Gasteiger partial charge in [-0.1, -0.05) is 60.0 Å². The minimum Gasteiger partial charge on any atom is -0.871 e.